The van der Waals surface area contributed by atoms with Gasteiger partial charge in [0.25, 0.3) is 5.91 Å². The van der Waals surface area contributed by atoms with Crippen LogP contribution in [0.15, 0.2) is 47.5 Å². The SMILES string of the molecule is C[C@H]1[C@@H](O)CN1C(=O)c1coc(Cc2ccc(-n3cccn3)cn2)n1. The van der Waals surface area contributed by atoms with E-state index < -0.39 is 6.10 Å². The molecule has 3 aromatic heterocycles. The first-order chi connectivity index (χ1) is 12.1. The van der Waals surface area contributed by atoms with E-state index in [1.54, 1.807) is 28.9 Å². The van der Waals surface area contributed by atoms with E-state index in [4.69, 9.17) is 4.42 Å². The lowest BCUT2D eigenvalue weighted by Crippen LogP contribution is -2.60. The number of hydrogen-bond donors (Lipinski definition) is 1. The second-order valence-corrected chi connectivity index (χ2v) is 6.03. The fourth-order valence-electron chi connectivity index (χ4n) is 2.73. The maximum atomic E-state index is 12.3. The van der Waals surface area contributed by atoms with Crippen LogP contribution in [0.2, 0.25) is 0 Å². The molecule has 0 radical (unpaired) electrons. The summed E-state index contributed by atoms with van der Waals surface area (Å²) in [4.78, 5) is 22.5. The molecule has 3 aromatic rings. The number of carbonyl (C=O) groups excluding carboxylic acids is 1. The summed E-state index contributed by atoms with van der Waals surface area (Å²) in [6.45, 7) is 2.14. The van der Waals surface area contributed by atoms with E-state index in [2.05, 4.69) is 15.1 Å². The van der Waals surface area contributed by atoms with E-state index in [1.807, 2.05) is 24.4 Å². The van der Waals surface area contributed by atoms with Crippen LogP contribution < -0.4 is 0 Å². The molecular formula is C17H17N5O3. The second kappa shape index (κ2) is 6.14. The first-order valence-corrected chi connectivity index (χ1v) is 8.00. The van der Waals surface area contributed by atoms with Gasteiger partial charge in [-0.15, -0.1) is 0 Å². The Labute approximate surface area is 143 Å². The van der Waals surface area contributed by atoms with E-state index in [1.165, 1.54) is 6.26 Å². The number of aliphatic hydroxyl groups is 1. The number of amides is 1. The summed E-state index contributed by atoms with van der Waals surface area (Å²) in [5.41, 5.74) is 1.90. The maximum Gasteiger partial charge on any atom is 0.276 e. The molecular weight excluding hydrogens is 322 g/mol. The summed E-state index contributed by atoms with van der Waals surface area (Å²) in [5.74, 6) is 0.200. The van der Waals surface area contributed by atoms with Crippen LogP contribution in [0.3, 0.4) is 0 Å². The van der Waals surface area contributed by atoms with Crippen LogP contribution in [0.5, 0.6) is 0 Å². The summed E-state index contributed by atoms with van der Waals surface area (Å²) in [7, 11) is 0. The zero-order chi connectivity index (χ0) is 17.4. The van der Waals surface area contributed by atoms with Crippen molar-refractivity contribution in [3.63, 3.8) is 0 Å². The number of likely N-dealkylation sites (tertiary alicyclic amines) is 1. The Kier molecular flexibility index (Phi) is 3.81. The summed E-state index contributed by atoms with van der Waals surface area (Å²) >= 11 is 0. The standard InChI is InChI=1S/C17H17N5O3/c1-11-15(23)9-21(11)17(24)14-10-25-16(20-14)7-12-3-4-13(8-18-12)22-6-2-5-19-22/h2-6,8,10-11,15,23H,7,9H2,1H3/t11-,15-/m0/s1. The lowest BCUT2D eigenvalue weighted by atomic mass is 10.0. The van der Waals surface area contributed by atoms with E-state index in [9.17, 15) is 9.90 Å². The van der Waals surface area contributed by atoms with Gasteiger partial charge in [-0.1, -0.05) is 0 Å². The number of rotatable bonds is 4. The molecule has 1 aliphatic heterocycles. The van der Waals surface area contributed by atoms with Crippen LogP contribution in [0.1, 0.15) is 29.0 Å². The predicted octanol–water partition coefficient (Wildman–Crippen LogP) is 1.05. The minimum atomic E-state index is -0.465. The van der Waals surface area contributed by atoms with Crippen LogP contribution >= 0.6 is 0 Å². The zero-order valence-corrected chi connectivity index (χ0v) is 13.6. The Morgan fingerprint density at radius 1 is 1.44 bits per heavy atom. The number of oxazole rings is 1. The molecule has 0 bridgehead atoms. The fourth-order valence-corrected chi connectivity index (χ4v) is 2.73. The Bertz CT molecular complexity index is 872. The Hall–Kier alpha value is -3.00. The summed E-state index contributed by atoms with van der Waals surface area (Å²) in [6.07, 6.45) is 6.55. The molecule has 25 heavy (non-hydrogen) atoms. The van der Waals surface area contributed by atoms with Crippen LogP contribution in [0.4, 0.5) is 0 Å². The van der Waals surface area contributed by atoms with Gasteiger partial charge in [0.2, 0.25) is 5.89 Å². The molecule has 1 fully saturated rings. The van der Waals surface area contributed by atoms with E-state index in [0.717, 1.165) is 11.4 Å². The van der Waals surface area contributed by atoms with Crippen LogP contribution in [-0.2, 0) is 6.42 Å². The van der Waals surface area contributed by atoms with Crippen LogP contribution in [0.25, 0.3) is 5.69 Å². The van der Waals surface area contributed by atoms with Crippen molar-refractivity contribution in [3.8, 4) is 5.69 Å². The van der Waals surface area contributed by atoms with Gasteiger partial charge >= 0.3 is 0 Å². The van der Waals surface area contributed by atoms with Crippen LogP contribution in [0, 0.1) is 0 Å². The van der Waals surface area contributed by atoms with Crippen molar-refractivity contribution < 1.29 is 14.3 Å². The van der Waals surface area contributed by atoms with Crippen molar-refractivity contribution in [1.82, 2.24) is 24.6 Å². The molecule has 0 unspecified atom stereocenters. The van der Waals surface area contributed by atoms with Gasteiger partial charge in [-0.05, 0) is 25.1 Å². The zero-order valence-electron chi connectivity index (χ0n) is 13.6. The normalized spacial score (nSPS) is 19.7. The molecule has 1 N–H and O–H groups in total. The largest absolute Gasteiger partial charge is 0.448 e. The van der Waals surface area contributed by atoms with Gasteiger partial charge in [0.05, 0.1) is 30.5 Å². The molecule has 128 valence electrons. The molecule has 8 heteroatoms. The third kappa shape index (κ3) is 2.91. The molecule has 8 nitrogen and oxygen atoms in total. The average molecular weight is 339 g/mol. The van der Waals surface area contributed by atoms with Gasteiger partial charge in [-0.3, -0.25) is 9.78 Å². The van der Waals surface area contributed by atoms with Crippen molar-refractivity contribution in [2.45, 2.75) is 25.5 Å². The number of hydrogen-bond acceptors (Lipinski definition) is 6. The van der Waals surface area contributed by atoms with Gasteiger partial charge in [-0.25, -0.2) is 9.67 Å². The maximum absolute atomic E-state index is 12.3. The first-order valence-electron chi connectivity index (χ1n) is 8.00. The quantitative estimate of drug-likeness (QED) is 0.763. The molecule has 1 amide bonds. The topological polar surface area (TPSA) is 97.3 Å². The third-order valence-electron chi connectivity index (χ3n) is 4.37. The van der Waals surface area contributed by atoms with Crippen molar-refractivity contribution in [1.29, 1.82) is 0 Å². The smallest absolute Gasteiger partial charge is 0.276 e. The van der Waals surface area contributed by atoms with Gasteiger partial charge in [0.15, 0.2) is 5.69 Å². The lowest BCUT2D eigenvalue weighted by Gasteiger charge is -2.42. The highest BCUT2D eigenvalue weighted by atomic mass is 16.3. The highest BCUT2D eigenvalue weighted by molar-refractivity contribution is 5.92. The molecule has 4 rings (SSSR count). The number of β-amino-alcohol motifs (C(OH)–C–C–N with tert-alkyl or cyclic N) is 1. The fraction of sp³-hybridized carbons (Fsp3) is 0.294. The van der Waals surface area contributed by atoms with Crippen molar-refractivity contribution in [2.75, 3.05) is 6.54 Å². The number of aromatic nitrogens is 4. The predicted molar refractivity (Wildman–Crippen MR) is 87.2 cm³/mol. The monoisotopic (exact) mass is 339 g/mol. The number of nitrogens with zero attached hydrogens (tertiary/aromatic N) is 5. The average Bonchev–Trinajstić information content (AvgIpc) is 3.31. The van der Waals surface area contributed by atoms with Gasteiger partial charge in [-0.2, -0.15) is 5.10 Å². The summed E-state index contributed by atoms with van der Waals surface area (Å²) in [5, 5.41) is 13.7. The van der Waals surface area contributed by atoms with Crippen LogP contribution in [-0.4, -0.2) is 54.4 Å². The minimum Gasteiger partial charge on any atom is -0.448 e. The molecule has 1 saturated heterocycles. The molecule has 4 heterocycles. The van der Waals surface area contributed by atoms with E-state index >= 15 is 0 Å². The van der Waals surface area contributed by atoms with E-state index in [0.29, 0.717) is 18.9 Å². The molecule has 1 aliphatic rings. The molecule has 0 saturated carbocycles. The molecule has 0 aliphatic carbocycles. The number of aliphatic hydroxyl groups excluding tert-OH is 1. The second-order valence-electron chi connectivity index (χ2n) is 6.03. The molecule has 2 atom stereocenters. The lowest BCUT2D eigenvalue weighted by molar-refractivity contribution is -0.0360. The van der Waals surface area contributed by atoms with Gasteiger partial charge in [0.1, 0.15) is 6.26 Å². The van der Waals surface area contributed by atoms with E-state index in [-0.39, 0.29) is 17.6 Å². The number of carbonyl (C=O) groups is 1. The number of pyridine rings is 1. The minimum absolute atomic E-state index is 0.191. The molecule has 0 aromatic carbocycles. The highest BCUT2D eigenvalue weighted by Gasteiger charge is 2.38. The Morgan fingerprint density at radius 2 is 2.32 bits per heavy atom. The van der Waals surface area contributed by atoms with Gasteiger partial charge in [0, 0.05) is 24.6 Å². The highest BCUT2D eigenvalue weighted by Crippen LogP contribution is 2.20. The van der Waals surface area contributed by atoms with Crippen molar-refractivity contribution in [3.05, 3.63) is 60.3 Å². The third-order valence-corrected chi connectivity index (χ3v) is 4.37. The van der Waals surface area contributed by atoms with Crippen molar-refractivity contribution >= 4 is 5.91 Å². The summed E-state index contributed by atoms with van der Waals surface area (Å²) < 4.78 is 7.12. The van der Waals surface area contributed by atoms with Crippen molar-refractivity contribution in [2.24, 2.45) is 0 Å². The Morgan fingerprint density at radius 3 is 2.96 bits per heavy atom. The summed E-state index contributed by atoms with van der Waals surface area (Å²) in [6, 6.07) is 5.44. The Balaban J connectivity index is 1.43. The molecule has 0 spiro atoms. The first kappa shape index (κ1) is 15.5. The van der Waals surface area contributed by atoms with Gasteiger partial charge < -0.3 is 14.4 Å².